The smallest absolute Gasteiger partial charge is 0.322 e. The van der Waals surface area contributed by atoms with Crippen LogP contribution in [0.1, 0.15) is 29.2 Å². The van der Waals surface area contributed by atoms with E-state index in [9.17, 15) is 9.59 Å². The van der Waals surface area contributed by atoms with Gasteiger partial charge in [0, 0.05) is 34.1 Å². The molecule has 38 heavy (non-hydrogen) atoms. The van der Waals surface area contributed by atoms with Crippen LogP contribution in [0.15, 0.2) is 54.6 Å². The summed E-state index contributed by atoms with van der Waals surface area (Å²) >= 11 is 1.67. The van der Waals surface area contributed by atoms with Crippen LogP contribution < -0.4 is 19.5 Å². The predicted molar refractivity (Wildman–Crippen MR) is 152 cm³/mol. The predicted octanol–water partition coefficient (Wildman–Crippen LogP) is 5.60. The third-order valence-electron chi connectivity index (χ3n) is 6.12. The number of nitrogens with one attached hydrogen (secondary N) is 1. The molecule has 1 heterocycles. The minimum absolute atomic E-state index is 0.0379. The van der Waals surface area contributed by atoms with Gasteiger partial charge in [-0.15, -0.1) is 11.3 Å². The van der Waals surface area contributed by atoms with Gasteiger partial charge in [-0.25, -0.2) is 4.79 Å². The van der Waals surface area contributed by atoms with Crippen molar-refractivity contribution in [1.29, 1.82) is 0 Å². The number of carbonyl (C=O) groups is 2. The van der Waals surface area contributed by atoms with Crippen molar-refractivity contribution >= 4 is 29.0 Å². The van der Waals surface area contributed by atoms with E-state index in [-0.39, 0.29) is 24.5 Å². The van der Waals surface area contributed by atoms with Crippen molar-refractivity contribution < 1.29 is 23.8 Å². The van der Waals surface area contributed by atoms with Crippen molar-refractivity contribution in [1.82, 2.24) is 9.80 Å². The largest absolute Gasteiger partial charge is 0.497 e. The van der Waals surface area contributed by atoms with Gasteiger partial charge in [0.2, 0.25) is 5.91 Å². The summed E-state index contributed by atoms with van der Waals surface area (Å²) in [6.45, 7) is 6.78. The van der Waals surface area contributed by atoms with Crippen molar-refractivity contribution in [2.45, 2.75) is 39.8 Å². The number of urea groups is 1. The van der Waals surface area contributed by atoms with Crippen LogP contribution in [0.3, 0.4) is 0 Å². The fourth-order valence-electron chi connectivity index (χ4n) is 3.98. The normalized spacial score (nSPS) is 10.7. The molecule has 1 N–H and O–H groups in total. The average Bonchev–Trinajstić information content (AvgIpc) is 3.33. The Bertz CT molecular complexity index is 1230. The standard InChI is InChI=1S/C29H37N3O5S/c1-20(2)32(29(34)30-23-8-7-9-24(17-23)35-4)19-28(33)31(18-25-12-10-21(3)38-25)15-14-22-11-13-26(36-5)27(16-22)37-6/h7-13,16-17,20H,14-15,18-19H2,1-6H3,(H,30,34). The maximum atomic E-state index is 13.6. The van der Waals surface area contributed by atoms with Gasteiger partial charge >= 0.3 is 6.03 Å². The number of benzene rings is 2. The molecule has 3 aromatic rings. The van der Waals surface area contributed by atoms with Crippen LogP contribution in [0.2, 0.25) is 0 Å². The summed E-state index contributed by atoms with van der Waals surface area (Å²) < 4.78 is 16.0. The van der Waals surface area contributed by atoms with Gasteiger partial charge in [0.15, 0.2) is 11.5 Å². The lowest BCUT2D eigenvalue weighted by Gasteiger charge is -2.30. The van der Waals surface area contributed by atoms with E-state index in [1.165, 1.54) is 4.88 Å². The molecule has 0 spiro atoms. The third-order valence-corrected chi connectivity index (χ3v) is 7.11. The van der Waals surface area contributed by atoms with Gasteiger partial charge in [-0.3, -0.25) is 4.79 Å². The molecule has 0 aliphatic heterocycles. The monoisotopic (exact) mass is 539 g/mol. The Labute approximate surface area is 229 Å². The minimum atomic E-state index is -0.339. The molecular formula is C29H37N3O5S. The molecule has 0 unspecified atom stereocenters. The Morgan fingerprint density at radius 3 is 2.34 bits per heavy atom. The highest BCUT2D eigenvalue weighted by atomic mass is 32.1. The summed E-state index contributed by atoms with van der Waals surface area (Å²) in [4.78, 5) is 32.4. The molecule has 1 aromatic heterocycles. The van der Waals surface area contributed by atoms with E-state index in [1.807, 2.05) is 56.0 Å². The number of amides is 3. The summed E-state index contributed by atoms with van der Waals surface area (Å²) in [5, 5.41) is 2.89. The van der Waals surface area contributed by atoms with E-state index < -0.39 is 0 Å². The number of thiophene rings is 1. The van der Waals surface area contributed by atoms with Crippen molar-refractivity contribution in [3.63, 3.8) is 0 Å². The highest BCUT2D eigenvalue weighted by Gasteiger charge is 2.24. The molecule has 0 fully saturated rings. The first-order valence-electron chi connectivity index (χ1n) is 12.5. The maximum Gasteiger partial charge on any atom is 0.322 e. The van der Waals surface area contributed by atoms with Gasteiger partial charge in [0.05, 0.1) is 27.9 Å². The van der Waals surface area contributed by atoms with Crippen LogP contribution in [0.25, 0.3) is 0 Å². The van der Waals surface area contributed by atoms with Crippen molar-refractivity contribution in [2.24, 2.45) is 0 Å². The highest BCUT2D eigenvalue weighted by molar-refractivity contribution is 7.11. The Balaban J connectivity index is 1.75. The lowest BCUT2D eigenvalue weighted by molar-refractivity contribution is -0.132. The minimum Gasteiger partial charge on any atom is -0.497 e. The van der Waals surface area contributed by atoms with Crippen LogP contribution in [-0.4, -0.2) is 62.2 Å². The van der Waals surface area contributed by atoms with Crippen molar-refractivity contribution in [2.75, 3.05) is 39.7 Å². The Kier molecular flexibility index (Phi) is 10.4. The average molecular weight is 540 g/mol. The summed E-state index contributed by atoms with van der Waals surface area (Å²) in [6.07, 6.45) is 0.633. The second-order valence-electron chi connectivity index (χ2n) is 9.15. The van der Waals surface area contributed by atoms with E-state index in [1.54, 1.807) is 55.8 Å². The molecular weight excluding hydrogens is 502 g/mol. The first kappa shape index (κ1) is 28.8. The summed E-state index contributed by atoms with van der Waals surface area (Å²) in [6, 6.07) is 16.5. The number of anilines is 1. The molecule has 0 bridgehead atoms. The SMILES string of the molecule is COc1cccc(NC(=O)N(CC(=O)N(CCc2ccc(OC)c(OC)c2)Cc2ccc(C)s2)C(C)C)c1. The number of nitrogens with zero attached hydrogens (tertiary/aromatic N) is 2. The highest BCUT2D eigenvalue weighted by Crippen LogP contribution is 2.28. The second-order valence-corrected chi connectivity index (χ2v) is 10.5. The Hall–Kier alpha value is -3.72. The molecule has 8 nitrogen and oxygen atoms in total. The fraction of sp³-hybridized carbons (Fsp3) is 0.379. The van der Waals surface area contributed by atoms with Gasteiger partial charge < -0.3 is 29.3 Å². The number of methoxy groups -OCH3 is 3. The van der Waals surface area contributed by atoms with Gasteiger partial charge in [-0.2, -0.15) is 0 Å². The van der Waals surface area contributed by atoms with Gasteiger partial charge in [0.25, 0.3) is 0 Å². The van der Waals surface area contributed by atoms with Gasteiger partial charge in [-0.1, -0.05) is 12.1 Å². The van der Waals surface area contributed by atoms with Crippen LogP contribution in [-0.2, 0) is 17.8 Å². The van der Waals surface area contributed by atoms with E-state index in [0.717, 1.165) is 10.4 Å². The summed E-state index contributed by atoms with van der Waals surface area (Å²) in [5.41, 5.74) is 1.63. The molecule has 3 amide bonds. The van der Waals surface area contributed by atoms with E-state index in [0.29, 0.717) is 42.4 Å². The second kappa shape index (κ2) is 13.7. The van der Waals surface area contributed by atoms with Gasteiger partial charge in [0.1, 0.15) is 12.3 Å². The van der Waals surface area contributed by atoms with Crippen LogP contribution in [0.4, 0.5) is 10.5 Å². The Morgan fingerprint density at radius 2 is 1.71 bits per heavy atom. The molecule has 9 heteroatoms. The lowest BCUT2D eigenvalue weighted by Crippen LogP contribution is -2.47. The number of hydrogen-bond donors (Lipinski definition) is 1. The number of carbonyl (C=O) groups excluding carboxylic acids is 2. The first-order valence-corrected chi connectivity index (χ1v) is 13.3. The quantitative estimate of drug-likeness (QED) is 0.324. The maximum absolute atomic E-state index is 13.6. The van der Waals surface area contributed by atoms with Crippen LogP contribution in [0, 0.1) is 6.92 Å². The molecule has 2 aromatic carbocycles. The molecule has 0 saturated heterocycles. The fourth-order valence-corrected chi connectivity index (χ4v) is 4.89. The first-order chi connectivity index (χ1) is 18.2. The van der Waals surface area contributed by atoms with E-state index in [4.69, 9.17) is 14.2 Å². The zero-order chi connectivity index (χ0) is 27.7. The molecule has 0 saturated carbocycles. The van der Waals surface area contributed by atoms with Crippen LogP contribution in [0.5, 0.6) is 17.2 Å². The molecule has 204 valence electrons. The zero-order valence-corrected chi connectivity index (χ0v) is 23.8. The van der Waals surface area contributed by atoms with Crippen molar-refractivity contribution in [3.05, 3.63) is 69.9 Å². The number of ether oxygens (including phenoxy) is 3. The third kappa shape index (κ3) is 7.89. The topological polar surface area (TPSA) is 80.3 Å². The van der Waals surface area contributed by atoms with Crippen LogP contribution >= 0.6 is 11.3 Å². The zero-order valence-electron chi connectivity index (χ0n) is 22.9. The molecule has 0 atom stereocenters. The molecule has 0 aliphatic carbocycles. The number of hydrogen-bond acceptors (Lipinski definition) is 6. The van der Waals surface area contributed by atoms with Gasteiger partial charge in [-0.05, 0) is 69.2 Å². The summed E-state index contributed by atoms with van der Waals surface area (Å²) in [7, 11) is 4.78. The lowest BCUT2D eigenvalue weighted by atomic mass is 10.1. The van der Waals surface area contributed by atoms with E-state index in [2.05, 4.69) is 11.4 Å². The molecule has 3 rings (SSSR count). The number of aryl methyl sites for hydroxylation is 1. The Morgan fingerprint density at radius 1 is 0.947 bits per heavy atom. The molecule has 0 aliphatic rings. The summed E-state index contributed by atoms with van der Waals surface area (Å²) in [5.74, 6) is 1.83. The number of rotatable bonds is 12. The molecule has 0 radical (unpaired) electrons. The van der Waals surface area contributed by atoms with Crippen molar-refractivity contribution in [3.8, 4) is 17.2 Å². The van der Waals surface area contributed by atoms with E-state index >= 15 is 0 Å².